The number of rotatable bonds is 5. The van der Waals surface area contributed by atoms with Gasteiger partial charge in [-0.1, -0.05) is 11.6 Å². The van der Waals surface area contributed by atoms with Crippen molar-refractivity contribution < 1.29 is 18.3 Å². The Bertz CT molecular complexity index is 732. The fourth-order valence-corrected chi connectivity index (χ4v) is 3.16. The highest BCUT2D eigenvalue weighted by Crippen LogP contribution is 2.35. The minimum atomic E-state index is -2.72. The second-order valence-corrected chi connectivity index (χ2v) is 6.63. The van der Waals surface area contributed by atoms with Crippen LogP contribution in [0.25, 0.3) is 11.3 Å². The lowest BCUT2D eigenvalue weighted by atomic mass is 9.84. The van der Waals surface area contributed by atoms with Crippen molar-refractivity contribution in [1.29, 1.82) is 0 Å². The fraction of sp³-hybridized carbons (Fsp3) is 0.500. The number of hydrogen-bond acceptors (Lipinski definition) is 4. The molecular weight excluding hydrogens is 357 g/mol. The fourth-order valence-electron chi connectivity index (χ4n) is 3.00. The molecule has 1 fully saturated rings. The van der Waals surface area contributed by atoms with Crippen LogP contribution in [0.5, 0.6) is 0 Å². The summed E-state index contributed by atoms with van der Waals surface area (Å²) in [6.07, 6.45) is 4.27. The molecule has 0 radical (unpaired) electrons. The maximum Gasteiger partial charge on any atom is 0.333 e. The van der Waals surface area contributed by atoms with Gasteiger partial charge in [0.2, 0.25) is 0 Å². The molecule has 1 saturated carbocycles. The predicted octanol–water partition coefficient (Wildman–Crippen LogP) is 4.05. The summed E-state index contributed by atoms with van der Waals surface area (Å²) in [7, 11) is 0. The SMILES string of the molecule is OCC1(F)CCC(Nc2cc(Cl)ncc2-c2ccn(C(F)F)n2)CC1. The number of anilines is 1. The van der Waals surface area contributed by atoms with Crippen molar-refractivity contribution in [2.45, 2.75) is 43.9 Å². The molecule has 2 aromatic heterocycles. The molecule has 0 unspecified atom stereocenters. The highest BCUT2D eigenvalue weighted by molar-refractivity contribution is 6.29. The Kier molecular flexibility index (Phi) is 5.19. The summed E-state index contributed by atoms with van der Waals surface area (Å²) in [5.74, 6) is 0. The van der Waals surface area contributed by atoms with Crippen LogP contribution in [0.4, 0.5) is 18.9 Å². The summed E-state index contributed by atoms with van der Waals surface area (Å²) >= 11 is 5.96. The molecule has 0 spiro atoms. The standard InChI is InChI=1S/C16H18ClF3N4O/c17-14-7-13(22-10-1-4-16(20,9-25)5-2-10)11(8-21-14)12-3-6-24(23-12)15(18)19/h3,6-8,10,15,25H,1-2,4-5,9H2,(H,21,22). The van der Waals surface area contributed by atoms with E-state index in [1.165, 1.54) is 18.5 Å². The summed E-state index contributed by atoms with van der Waals surface area (Å²) in [5.41, 5.74) is -0.0201. The third kappa shape index (κ3) is 4.07. The van der Waals surface area contributed by atoms with Crippen molar-refractivity contribution in [3.63, 3.8) is 0 Å². The summed E-state index contributed by atoms with van der Waals surface area (Å²) < 4.78 is 40.1. The number of pyridine rings is 1. The molecule has 1 aliphatic rings. The van der Waals surface area contributed by atoms with Crippen LogP contribution in [0.15, 0.2) is 24.5 Å². The number of aromatic nitrogens is 3. The van der Waals surface area contributed by atoms with E-state index in [1.807, 2.05) is 0 Å². The van der Waals surface area contributed by atoms with Crippen LogP contribution < -0.4 is 5.32 Å². The van der Waals surface area contributed by atoms with E-state index in [1.54, 1.807) is 6.07 Å². The largest absolute Gasteiger partial charge is 0.393 e. The number of hydrogen-bond donors (Lipinski definition) is 2. The Hall–Kier alpha value is -1.80. The third-order valence-corrected chi connectivity index (χ3v) is 4.69. The average molecular weight is 375 g/mol. The van der Waals surface area contributed by atoms with Crippen LogP contribution in [0.1, 0.15) is 32.2 Å². The van der Waals surface area contributed by atoms with Crippen LogP contribution in [0.2, 0.25) is 5.15 Å². The quantitative estimate of drug-likeness (QED) is 0.775. The predicted molar refractivity (Wildman–Crippen MR) is 88.5 cm³/mol. The lowest BCUT2D eigenvalue weighted by Crippen LogP contribution is -2.37. The Morgan fingerprint density at radius 1 is 1.40 bits per heavy atom. The molecule has 3 rings (SSSR count). The Morgan fingerprint density at radius 2 is 2.12 bits per heavy atom. The Morgan fingerprint density at radius 3 is 2.72 bits per heavy atom. The monoisotopic (exact) mass is 374 g/mol. The van der Waals surface area contributed by atoms with Crippen LogP contribution in [-0.4, -0.2) is 38.2 Å². The van der Waals surface area contributed by atoms with E-state index < -0.39 is 18.8 Å². The number of alkyl halides is 3. The van der Waals surface area contributed by atoms with Crippen molar-refractivity contribution >= 4 is 17.3 Å². The van der Waals surface area contributed by atoms with Crippen molar-refractivity contribution in [2.75, 3.05) is 11.9 Å². The smallest absolute Gasteiger partial charge is 0.333 e. The van der Waals surface area contributed by atoms with Gasteiger partial charge in [0.25, 0.3) is 0 Å². The van der Waals surface area contributed by atoms with Crippen molar-refractivity contribution in [1.82, 2.24) is 14.8 Å². The topological polar surface area (TPSA) is 63.0 Å². The number of aliphatic hydroxyl groups is 1. The van der Waals surface area contributed by atoms with Gasteiger partial charge in [-0.3, -0.25) is 0 Å². The van der Waals surface area contributed by atoms with Gasteiger partial charge in [0, 0.05) is 29.7 Å². The molecule has 25 heavy (non-hydrogen) atoms. The molecule has 0 aromatic carbocycles. The lowest BCUT2D eigenvalue weighted by molar-refractivity contribution is 0.0337. The number of nitrogens with one attached hydrogen (secondary N) is 1. The normalized spacial score (nSPS) is 23.8. The summed E-state index contributed by atoms with van der Waals surface area (Å²) in [4.78, 5) is 4.00. The molecule has 2 heterocycles. The zero-order valence-electron chi connectivity index (χ0n) is 13.3. The molecule has 9 heteroatoms. The molecule has 5 nitrogen and oxygen atoms in total. The molecule has 0 amide bonds. The van der Waals surface area contributed by atoms with Crippen LogP contribution in [-0.2, 0) is 0 Å². The first-order valence-corrected chi connectivity index (χ1v) is 8.33. The zero-order valence-corrected chi connectivity index (χ0v) is 14.1. The summed E-state index contributed by atoms with van der Waals surface area (Å²) in [5, 5.41) is 16.5. The van der Waals surface area contributed by atoms with Gasteiger partial charge in [0.1, 0.15) is 10.8 Å². The first-order chi connectivity index (χ1) is 11.9. The van der Waals surface area contributed by atoms with Gasteiger partial charge < -0.3 is 10.4 Å². The Labute approximate surface area is 147 Å². The molecular formula is C16H18ClF3N4O. The highest BCUT2D eigenvalue weighted by Gasteiger charge is 2.34. The van der Waals surface area contributed by atoms with E-state index in [-0.39, 0.29) is 24.0 Å². The Balaban J connectivity index is 1.80. The molecule has 2 N–H and O–H groups in total. The molecule has 0 atom stereocenters. The molecule has 136 valence electrons. The van der Waals surface area contributed by atoms with Gasteiger partial charge in [-0.25, -0.2) is 14.1 Å². The van der Waals surface area contributed by atoms with Crippen molar-refractivity contribution in [2.24, 2.45) is 0 Å². The summed E-state index contributed by atoms with van der Waals surface area (Å²) in [6, 6.07) is 3.06. The minimum absolute atomic E-state index is 0.00942. The number of aliphatic hydroxyl groups excluding tert-OH is 1. The molecule has 2 aromatic rings. The second-order valence-electron chi connectivity index (χ2n) is 6.24. The van der Waals surface area contributed by atoms with Crippen LogP contribution >= 0.6 is 11.6 Å². The number of nitrogens with zero attached hydrogens (tertiary/aromatic N) is 3. The second kappa shape index (κ2) is 7.21. The van der Waals surface area contributed by atoms with Gasteiger partial charge in [-0.15, -0.1) is 0 Å². The van der Waals surface area contributed by atoms with E-state index >= 15 is 0 Å². The average Bonchev–Trinajstić information content (AvgIpc) is 3.07. The van der Waals surface area contributed by atoms with Crippen molar-refractivity contribution in [3.05, 3.63) is 29.7 Å². The maximum atomic E-state index is 14.1. The first-order valence-electron chi connectivity index (χ1n) is 7.96. The molecule has 1 aliphatic carbocycles. The molecule has 0 aliphatic heterocycles. The lowest BCUT2D eigenvalue weighted by Gasteiger charge is -2.33. The molecule has 0 bridgehead atoms. The van der Waals surface area contributed by atoms with Crippen LogP contribution in [0, 0.1) is 0 Å². The minimum Gasteiger partial charge on any atom is -0.393 e. The van der Waals surface area contributed by atoms with Gasteiger partial charge in [0.05, 0.1) is 12.3 Å². The first kappa shape index (κ1) is 18.0. The summed E-state index contributed by atoms with van der Waals surface area (Å²) in [6.45, 7) is -3.20. The van der Waals surface area contributed by atoms with E-state index in [2.05, 4.69) is 15.4 Å². The number of halogens is 4. The van der Waals surface area contributed by atoms with Crippen LogP contribution in [0.3, 0.4) is 0 Å². The van der Waals surface area contributed by atoms with E-state index in [4.69, 9.17) is 16.7 Å². The van der Waals surface area contributed by atoms with E-state index in [9.17, 15) is 13.2 Å². The van der Waals surface area contributed by atoms with E-state index in [0.29, 0.717) is 34.5 Å². The van der Waals surface area contributed by atoms with Gasteiger partial charge in [0.15, 0.2) is 0 Å². The van der Waals surface area contributed by atoms with Crippen molar-refractivity contribution in [3.8, 4) is 11.3 Å². The van der Waals surface area contributed by atoms with Gasteiger partial charge in [-0.2, -0.15) is 13.9 Å². The van der Waals surface area contributed by atoms with E-state index in [0.717, 1.165) is 0 Å². The highest BCUT2D eigenvalue weighted by atomic mass is 35.5. The zero-order chi connectivity index (χ0) is 18.0. The molecule has 0 saturated heterocycles. The maximum absolute atomic E-state index is 14.1. The third-order valence-electron chi connectivity index (χ3n) is 4.48. The van der Waals surface area contributed by atoms with Gasteiger partial charge >= 0.3 is 6.55 Å². The van der Waals surface area contributed by atoms with Gasteiger partial charge in [-0.05, 0) is 37.8 Å².